The first-order valence-electron chi connectivity index (χ1n) is 21.1. The molecule has 8 aromatic rings. The van der Waals surface area contributed by atoms with E-state index in [1.54, 1.807) is 62.4 Å². The molecule has 4 heterocycles. The Bertz CT molecular complexity index is 3240. The lowest BCUT2D eigenvalue weighted by molar-refractivity contribution is -0.150. The maximum Gasteiger partial charge on any atom is 0.326 e. The Hall–Kier alpha value is -7.70. The Morgan fingerprint density at radius 2 is 1.11 bits per heavy atom. The Morgan fingerprint density at radius 1 is 0.662 bits per heavy atom. The van der Waals surface area contributed by atoms with Crippen LogP contribution in [0.5, 0.6) is 23.5 Å². The van der Waals surface area contributed by atoms with Gasteiger partial charge >= 0.3 is 24.0 Å². The van der Waals surface area contributed by atoms with E-state index >= 15 is 0 Å². The number of aliphatic carboxylic acids is 1. The number of aliphatic hydroxyl groups excluding tert-OH is 3. The number of aromatic nitrogens is 8. The normalized spacial score (nSPS) is 12.0. The van der Waals surface area contributed by atoms with Gasteiger partial charge in [0.05, 0.1) is 45.9 Å². The first kappa shape index (κ1) is 51.2. The van der Waals surface area contributed by atoms with Gasteiger partial charge < -0.3 is 45.3 Å². The van der Waals surface area contributed by atoms with Crippen LogP contribution >= 0.6 is 23.2 Å². The molecule has 0 spiro atoms. The lowest BCUT2D eigenvalue weighted by Gasteiger charge is -2.12. The van der Waals surface area contributed by atoms with Crippen molar-refractivity contribution >= 4 is 68.8 Å². The number of ether oxygens (including phenoxy) is 3. The highest BCUT2D eigenvalue weighted by Gasteiger charge is 2.25. The molecule has 1 unspecified atom stereocenters. The number of fused-ring (bicyclic) bond motifs is 2. The first-order chi connectivity index (χ1) is 34.0. The predicted molar refractivity (Wildman–Crippen MR) is 250 cm³/mol. The van der Waals surface area contributed by atoms with Crippen LogP contribution in [0.4, 0.5) is 29.2 Å². The van der Waals surface area contributed by atoms with Gasteiger partial charge in [0.15, 0.2) is 41.2 Å². The minimum atomic E-state index is -1.16. The third-order valence-electron chi connectivity index (χ3n) is 9.75. The van der Waals surface area contributed by atoms with Gasteiger partial charge in [0, 0.05) is 36.3 Å². The molecule has 370 valence electrons. The summed E-state index contributed by atoms with van der Waals surface area (Å²) in [6, 6.07) is 18.7. The number of hydrogen-bond acceptors (Lipinski definition) is 16. The minimum Gasteiger partial charge on any atom is -0.481 e. The molecular weight excluding hydrogens is 983 g/mol. The van der Waals surface area contributed by atoms with Crippen molar-refractivity contribution in [3.63, 3.8) is 0 Å². The molecule has 0 saturated carbocycles. The number of anilines is 2. The summed E-state index contributed by atoms with van der Waals surface area (Å²) in [5, 5.41) is 54.6. The van der Waals surface area contributed by atoms with Gasteiger partial charge in [0.1, 0.15) is 41.4 Å². The second-order valence-corrected chi connectivity index (χ2v) is 16.1. The summed E-state index contributed by atoms with van der Waals surface area (Å²) >= 11 is 12.8. The first-order valence-corrected chi connectivity index (χ1v) is 21.9. The summed E-state index contributed by atoms with van der Waals surface area (Å²) in [7, 11) is 0. The highest BCUT2D eigenvalue weighted by atomic mass is 35.5. The van der Waals surface area contributed by atoms with E-state index in [1.165, 1.54) is 9.36 Å². The van der Waals surface area contributed by atoms with Crippen LogP contribution in [0.15, 0.2) is 84.9 Å². The Balaban J connectivity index is 0.000000213. The van der Waals surface area contributed by atoms with Crippen molar-refractivity contribution in [2.75, 3.05) is 23.7 Å². The van der Waals surface area contributed by atoms with Crippen LogP contribution in [-0.4, -0.2) is 97.2 Å². The Kier molecular flexibility index (Phi) is 16.4. The van der Waals surface area contributed by atoms with E-state index in [-0.39, 0.29) is 66.0 Å². The SMILES string of the molecule is CC(O)CNc1nc(Oc2ccc(F)cc2F)nc2c1c(-c1ccccc1Cl)nn2CO.C[C@H](O)CNc1nc(Oc2ccc(F)cc2F)nc2c1c(-c1ccccc1Cl)nn2COC(=O)CCC(=O)O. The second kappa shape index (κ2) is 22.8. The largest absolute Gasteiger partial charge is 0.481 e. The van der Waals surface area contributed by atoms with E-state index < -0.39 is 67.3 Å². The van der Waals surface area contributed by atoms with Gasteiger partial charge in [0.2, 0.25) is 0 Å². The fourth-order valence-electron chi connectivity index (χ4n) is 6.54. The maximum atomic E-state index is 14.3. The van der Waals surface area contributed by atoms with Crippen LogP contribution < -0.4 is 20.1 Å². The second-order valence-electron chi connectivity index (χ2n) is 15.3. The van der Waals surface area contributed by atoms with Crippen LogP contribution in [0.2, 0.25) is 10.0 Å². The van der Waals surface area contributed by atoms with Gasteiger partial charge in [-0.15, -0.1) is 0 Å². The molecule has 71 heavy (non-hydrogen) atoms. The summed E-state index contributed by atoms with van der Waals surface area (Å²) < 4.78 is 73.5. The van der Waals surface area contributed by atoms with Crippen LogP contribution in [0.3, 0.4) is 0 Å². The molecular formula is C46H40Cl2F4N10O9. The Morgan fingerprint density at radius 3 is 1.54 bits per heavy atom. The molecule has 6 N–H and O–H groups in total. The number of nitrogens with one attached hydrogen (secondary N) is 2. The summed E-state index contributed by atoms with van der Waals surface area (Å²) in [6.07, 6.45) is -2.28. The summed E-state index contributed by atoms with van der Waals surface area (Å²) in [4.78, 5) is 40.1. The van der Waals surface area contributed by atoms with Gasteiger partial charge in [-0.05, 0) is 50.2 Å². The number of nitrogens with zero attached hydrogens (tertiary/aromatic N) is 8. The molecule has 19 nitrogen and oxygen atoms in total. The summed E-state index contributed by atoms with van der Waals surface area (Å²) in [5.74, 6) is -5.70. The molecule has 0 bridgehead atoms. The zero-order chi connectivity index (χ0) is 50.9. The number of carbonyl (C=O) groups excluding carboxylic acids is 1. The zero-order valence-corrected chi connectivity index (χ0v) is 38.7. The monoisotopic (exact) mass is 1020 g/mol. The van der Waals surface area contributed by atoms with E-state index in [1.807, 2.05) is 0 Å². The molecule has 0 radical (unpaired) electrons. The molecule has 2 atom stereocenters. The lowest BCUT2D eigenvalue weighted by Crippen LogP contribution is -2.17. The number of aliphatic hydroxyl groups is 3. The van der Waals surface area contributed by atoms with Crippen molar-refractivity contribution in [2.45, 2.75) is 52.4 Å². The van der Waals surface area contributed by atoms with Gasteiger partial charge in [-0.25, -0.2) is 26.9 Å². The van der Waals surface area contributed by atoms with E-state index in [0.29, 0.717) is 55.5 Å². The van der Waals surface area contributed by atoms with Gasteiger partial charge in [-0.3, -0.25) is 9.59 Å². The number of esters is 1. The van der Waals surface area contributed by atoms with Crippen molar-refractivity contribution in [2.24, 2.45) is 0 Å². The predicted octanol–water partition coefficient (Wildman–Crippen LogP) is 8.34. The molecule has 4 aromatic carbocycles. The molecule has 0 fully saturated rings. The van der Waals surface area contributed by atoms with E-state index in [2.05, 4.69) is 40.8 Å². The van der Waals surface area contributed by atoms with Crippen molar-refractivity contribution < 1.29 is 61.8 Å². The lowest BCUT2D eigenvalue weighted by atomic mass is 10.1. The average Bonchev–Trinajstić information content (AvgIpc) is 3.89. The highest BCUT2D eigenvalue weighted by Crippen LogP contribution is 2.39. The van der Waals surface area contributed by atoms with Crippen LogP contribution in [0.1, 0.15) is 26.7 Å². The molecule has 0 saturated heterocycles. The summed E-state index contributed by atoms with van der Waals surface area (Å²) in [6.45, 7) is 2.33. The van der Waals surface area contributed by atoms with Crippen LogP contribution in [0.25, 0.3) is 44.6 Å². The molecule has 0 aliphatic rings. The Labute approximate surface area is 409 Å². The van der Waals surface area contributed by atoms with Gasteiger partial charge in [0.25, 0.3) is 0 Å². The fraction of sp³-hybridized carbons (Fsp3) is 0.217. The molecule has 25 heteroatoms. The number of rotatable bonds is 18. The molecule has 0 aliphatic carbocycles. The number of carbonyl (C=O) groups is 2. The fourth-order valence-corrected chi connectivity index (χ4v) is 6.99. The van der Waals surface area contributed by atoms with Crippen molar-refractivity contribution in [1.82, 2.24) is 39.5 Å². The minimum absolute atomic E-state index is 0.0494. The quantitative estimate of drug-likeness (QED) is 0.0349. The third-order valence-corrected chi connectivity index (χ3v) is 10.4. The zero-order valence-electron chi connectivity index (χ0n) is 37.2. The van der Waals surface area contributed by atoms with Crippen LogP contribution in [-0.2, 0) is 27.8 Å². The number of benzene rings is 4. The molecule has 4 aromatic heterocycles. The van der Waals surface area contributed by atoms with E-state index in [9.17, 15) is 42.5 Å². The maximum absolute atomic E-state index is 14.3. The van der Waals surface area contributed by atoms with E-state index in [4.69, 9.17) is 42.5 Å². The van der Waals surface area contributed by atoms with Crippen molar-refractivity contribution in [3.8, 4) is 46.0 Å². The van der Waals surface area contributed by atoms with E-state index in [0.717, 1.165) is 24.3 Å². The van der Waals surface area contributed by atoms with Gasteiger partial charge in [-0.2, -0.15) is 30.1 Å². The number of carboxylic acid groups (broad SMARTS) is 1. The standard InChI is InChI=1S/C25H22ClF2N5O6.C21H18ClF2N5O3/c1-13(34)11-29-23-21-22(15-4-2-3-5-16(15)26)32-33(12-38-20(37)9-8-19(35)36)24(21)31-25(30-23)39-18-7-6-14(27)10-17(18)28;1-11(31)9-25-19-17-18(13-4-2-3-5-14(13)22)28-29(10-30)20(17)27-21(26-19)32-16-7-6-12(23)8-15(16)24/h2-7,10,13,34H,8-9,11-12H2,1H3,(H,35,36)(H,29,30,31);2-8,11,30-31H,9-10H2,1H3,(H,25,26,27)/t13-;/m0./s1. The van der Waals surface area contributed by atoms with Crippen molar-refractivity contribution in [3.05, 3.63) is 118 Å². The van der Waals surface area contributed by atoms with Crippen molar-refractivity contribution in [1.29, 1.82) is 0 Å². The number of halogens is 6. The van der Waals surface area contributed by atoms with Crippen LogP contribution in [0, 0.1) is 23.3 Å². The highest BCUT2D eigenvalue weighted by molar-refractivity contribution is 6.34. The smallest absolute Gasteiger partial charge is 0.326 e. The van der Waals surface area contributed by atoms with Gasteiger partial charge in [-0.1, -0.05) is 59.6 Å². The number of carboxylic acids is 1. The molecule has 0 amide bonds. The third kappa shape index (κ3) is 12.6. The topological polar surface area (TPSA) is 254 Å². The average molecular weight is 1020 g/mol. The number of hydrogen-bond donors (Lipinski definition) is 6. The summed E-state index contributed by atoms with van der Waals surface area (Å²) in [5.41, 5.74) is 2.02. The molecule has 8 rings (SSSR count). The molecule has 0 aliphatic heterocycles.